The van der Waals surface area contributed by atoms with Crippen LogP contribution in [-0.4, -0.2) is 23.0 Å². The first kappa shape index (κ1) is 31.9. The summed E-state index contributed by atoms with van der Waals surface area (Å²) in [4.78, 5) is 40.4. The van der Waals surface area contributed by atoms with E-state index < -0.39 is 11.8 Å². The highest BCUT2D eigenvalue weighted by molar-refractivity contribution is 8.00. The molecule has 0 heterocycles. The maximum Gasteiger partial charge on any atom is 0.272 e. The maximum atomic E-state index is 13.5. The van der Waals surface area contributed by atoms with Crippen LogP contribution in [0.15, 0.2) is 102 Å². The quantitative estimate of drug-likeness (QED) is 0.121. The summed E-state index contributed by atoms with van der Waals surface area (Å²) in [5, 5.41) is 8.85. The lowest BCUT2D eigenvalue weighted by atomic mass is 10.1. The average Bonchev–Trinajstić information content (AvgIpc) is 2.99. The van der Waals surface area contributed by atoms with E-state index in [1.807, 2.05) is 45.0 Å². The highest BCUT2D eigenvalue weighted by Crippen LogP contribution is 2.30. The predicted molar refractivity (Wildman–Crippen MR) is 178 cm³/mol. The molecule has 1 unspecified atom stereocenters. The minimum atomic E-state index is -0.568. The van der Waals surface area contributed by atoms with Crippen molar-refractivity contribution in [3.63, 3.8) is 0 Å². The average molecular weight is 633 g/mol. The van der Waals surface area contributed by atoms with Crippen molar-refractivity contribution in [1.82, 2.24) is 5.32 Å². The van der Waals surface area contributed by atoms with E-state index in [0.717, 1.165) is 21.7 Å². The molecule has 3 N–H and O–H groups in total. The molecule has 0 bridgehead atoms. The van der Waals surface area contributed by atoms with Gasteiger partial charge in [-0.15, -0.1) is 11.8 Å². The second-order valence-corrected chi connectivity index (χ2v) is 11.9. The number of hydrogen-bond donors (Lipinski definition) is 3. The van der Waals surface area contributed by atoms with Gasteiger partial charge < -0.3 is 16.0 Å². The van der Waals surface area contributed by atoms with Crippen LogP contribution in [0.3, 0.4) is 0 Å². The van der Waals surface area contributed by atoms with Crippen molar-refractivity contribution in [2.75, 3.05) is 10.6 Å². The van der Waals surface area contributed by atoms with Gasteiger partial charge in [-0.2, -0.15) is 0 Å². The van der Waals surface area contributed by atoms with Gasteiger partial charge in [0.15, 0.2) is 0 Å². The van der Waals surface area contributed by atoms with E-state index in [1.165, 1.54) is 17.8 Å². The Balaban J connectivity index is 1.53. The summed E-state index contributed by atoms with van der Waals surface area (Å²) in [7, 11) is 0. The molecule has 0 aliphatic heterocycles. The van der Waals surface area contributed by atoms with Crippen LogP contribution in [0.25, 0.3) is 6.08 Å². The summed E-state index contributed by atoms with van der Waals surface area (Å²) in [6.07, 6.45) is 2.05. The molecule has 4 aromatic rings. The summed E-state index contributed by atoms with van der Waals surface area (Å²) >= 11 is 14.1. The molecule has 3 amide bonds. The molecular formula is C34H31Cl2N3O3S. The number of rotatable bonds is 10. The first-order valence-electron chi connectivity index (χ1n) is 13.6. The molecule has 0 saturated heterocycles. The molecule has 1 atom stereocenters. The number of amides is 3. The predicted octanol–water partition coefficient (Wildman–Crippen LogP) is 8.53. The number of halogens is 2. The smallest absolute Gasteiger partial charge is 0.272 e. The molecule has 0 aromatic heterocycles. The van der Waals surface area contributed by atoms with Crippen molar-refractivity contribution in [3.8, 4) is 0 Å². The Labute approximate surface area is 265 Å². The third kappa shape index (κ3) is 8.74. The minimum absolute atomic E-state index is 0.0406. The van der Waals surface area contributed by atoms with Crippen LogP contribution in [-0.2, 0) is 9.59 Å². The summed E-state index contributed by atoms with van der Waals surface area (Å²) in [6, 6.07) is 26.6. The molecule has 0 spiro atoms. The van der Waals surface area contributed by atoms with Gasteiger partial charge in [0.05, 0.1) is 5.25 Å². The largest absolute Gasteiger partial charge is 0.325 e. The topological polar surface area (TPSA) is 87.3 Å². The lowest BCUT2D eigenvalue weighted by molar-refractivity contribution is -0.116. The zero-order valence-corrected chi connectivity index (χ0v) is 26.2. The summed E-state index contributed by atoms with van der Waals surface area (Å²) < 4.78 is 0. The normalized spacial score (nSPS) is 11.9. The van der Waals surface area contributed by atoms with Crippen molar-refractivity contribution in [2.24, 2.45) is 0 Å². The van der Waals surface area contributed by atoms with Gasteiger partial charge in [0.25, 0.3) is 11.8 Å². The minimum Gasteiger partial charge on any atom is -0.325 e. The number of carbonyl (C=O) groups is 3. The van der Waals surface area contributed by atoms with Crippen molar-refractivity contribution >= 4 is 70.1 Å². The Bertz CT molecular complexity index is 1650. The molecule has 0 aliphatic carbocycles. The zero-order valence-electron chi connectivity index (χ0n) is 23.9. The van der Waals surface area contributed by atoms with Crippen molar-refractivity contribution in [2.45, 2.75) is 37.3 Å². The number of hydrogen-bond acceptors (Lipinski definition) is 4. The zero-order chi connectivity index (χ0) is 30.9. The molecule has 9 heteroatoms. The van der Waals surface area contributed by atoms with E-state index in [0.29, 0.717) is 33.3 Å². The summed E-state index contributed by atoms with van der Waals surface area (Å²) in [6.45, 7) is 5.99. The van der Waals surface area contributed by atoms with Gasteiger partial charge in [0, 0.05) is 37.4 Å². The van der Waals surface area contributed by atoms with E-state index in [1.54, 1.807) is 66.7 Å². The second-order valence-electron chi connectivity index (χ2n) is 9.80. The van der Waals surface area contributed by atoms with E-state index >= 15 is 0 Å². The third-order valence-electron chi connectivity index (χ3n) is 6.63. The highest BCUT2D eigenvalue weighted by Gasteiger charge is 2.20. The van der Waals surface area contributed by atoms with Gasteiger partial charge in [-0.1, -0.05) is 66.5 Å². The molecule has 0 aliphatic rings. The number of aryl methyl sites for hydroxylation is 2. The fourth-order valence-corrected chi connectivity index (χ4v) is 5.63. The standard InChI is InChI=1S/C34H31Cl2N3O3S/c1-4-31(34(42)38-25-17-16-21(2)22(3)18-25)43-26-13-8-12-24(19-26)37-33(41)30(20-27-28(35)14-9-15-29(27)36)39-32(40)23-10-6-5-7-11-23/h5-20,31H,4H2,1-3H3,(H,37,41)(H,38,42)(H,39,40)/b30-20+. The first-order valence-corrected chi connectivity index (χ1v) is 15.3. The van der Waals surface area contributed by atoms with Crippen LogP contribution in [0.1, 0.15) is 40.4 Å². The Hall–Kier alpha value is -4.04. The van der Waals surface area contributed by atoms with Crippen LogP contribution in [0.5, 0.6) is 0 Å². The van der Waals surface area contributed by atoms with Crippen LogP contribution in [0.2, 0.25) is 10.0 Å². The lowest BCUT2D eigenvalue weighted by Gasteiger charge is -2.16. The van der Waals surface area contributed by atoms with Crippen LogP contribution < -0.4 is 16.0 Å². The van der Waals surface area contributed by atoms with Crippen LogP contribution in [0, 0.1) is 13.8 Å². The molecule has 4 aromatic carbocycles. The molecule has 43 heavy (non-hydrogen) atoms. The van der Waals surface area contributed by atoms with E-state index in [2.05, 4.69) is 16.0 Å². The lowest BCUT2D eigenvalue weighted by Crippen LogP contribution is -2.30. The van der Waals surface area contributed by atoms with Crippen molar-refractivity contribution in [3.05, 3.63) is 129 Å². The number of anilines is 2. The van der Waals surface area contributed by atoms with Crippen LogP contribution >= 0.6 is 35.0 Å². The maximum absolute atomic E-state index is 13.5. The number of thioether (sulfide) groups is 1. The second kappa shape index (κ2) is 14.9. The number of carbonyl (C=O) groups excluding carboxylic acids is 3. The van der Waals surface area contributed by atoms with Gasteiger partial charge in [0.2, 0.25) is 5.91 Å². The van der Waals surface area contributed by atoms with E-state index in [-0.39, 0.29) is 16.9 Å². The van der Waals surface area contributed by atoms with Gasteiger partial charge >= 0.3 is 0 Å². The molecule has 220 valence electrons. The van der Waals surface area contributed by atoms with Gasteiger partial charge in [-0.3, -0.25) is 14.4 Å². The Kier molecular flexibility index (Phi) is 11.1. The number of nitrogens with one attached hydrogen (secondary N) is 3. The molecule has 6 nitrogen and oxygen atoms in total. The van der Waals surface area contributed by atoms with Gasteiger partial charge in [-0.05, 0) is 92.1 Å². The third-order valence-corrected chi connectivity index (χ3v) is 8.64. The van der Waals surface area contributed by atoms with Gasteiger partial charge in [-0.25, -0.2) is 0 Å². The van der Waals surface area contributed by atoms with Crippen molar-refractivity contribution in [1.29, 1.82) is 0 Å². The van der Waals surface area contributed by atoms with E-state index in [9.17, 15) is 14.4 Å². The molecule has 4 rings (SSSR count). The molecule has 0 saturated carbocycles. The van der Waals surface area contributed by atoms with E-state index in [4.69, 9.17) is 23.2 Å². The summed E-state index contributed by atoms with van der Waals surface area (Å²) in [5.74, 6) is -1.13. The van der Waals surface area contributed by atoms with Gasteiger partial charge in [0.1, 0.15) is 5.70 Å². The fourth-order valence-electron chi connectivity index (χ4n) is 4.11. The highest BCUT2D eigenvalue weighted by atomic mass is 35.5. The molecule has 0 fully saturated rings. The Morgan fingerprint density at radius 2 is 1.47 bits per heavy atom. The Morgan fingerprint density at radius 1 is 0.791 bits per heavy atom. The number of benzene rings is 4. The van der Waals surface area contributed by atoms with Crippen molar-refractivity contribution < 1.29 is 14.4 Å². The Morgan fingerprint density at radius 3 is 2.14 bits per heavy atom. The molecule has 0 radical (unpaired) electrons. The first-order chi connectivity index (χ1) is 20.6. The molecular weight excluding hydrogens is 601 g/mol. The monoisotopic (exact) mass is 631 g/mol. The summed E-state index contributed by atoms with van der Waals surface area (Å²) in [5.41, 5.74) is 4.25. The SMILES string of the molecule is CCC(Sc1cccc(NC(=O)/C(=C\c2c(Cl)cccc2Cl)NC(=O)c2ccccc2)c1)C(=O)Nc1ccc(C)c(C)c1. The van der Waals surface area contributed by atoms with Crippen LogP contribution in [0.4, 0.5) is 11.4 Å². The fraction of sp³-hybridized carbons (Fsp3) is 0.147.